The van der Waals surface area contributed by atoms with Gasteiger partial charge in [-0.1, -0.05) is 0 Å². The van der Waals surface area contributed by atoms with Crippen molar-refractivity contribution in [3.05, 3.63) is 0 Å². The summed E-state index contributed by atoms with van der Waals surface area (Å²) >= 11 is 0. The smallest absolute Gasteiger partial charge is 0.320 e. The summed E-state index contributed by atoms with van der Waals surface area (Å²) in [7, 11) is 0. The lowest BCUT2D eigenvalue weighted by Gasteiger charge is -2.61. The van der Waals surface area contributed by atoms with Crippen LogP contribution in [0.1, 0.15) is 27.7 Å². The van der Waals surface area contributed by atoms with Gasteiger partial charge in [0, 0.05) is 69.9 Å². The van der Waals surface area contributed by atoms with E-state index < -0.39 is 0 Å². The molecule has 3 rings (SSSR count). The molecule has 0 bridgehead atoms. The van der Waals surface area contributed by atoms with E-state index in [1.165, 1.54) is 13.1 Å². The predicted octanol–water partition coefficient (Wildman–Crippen LogP) is 1.16. The van der Waals surface area contributed by atoms with Crippen molar-refractivity contribution in [3.63, 3.8) is 0 Å². The molecule has 120 valence electrons. The minimum absolute atomic E-state index is 0.270. The van der Waals surface area contributed by atoms with Gasteiger partial charge in [-0.15, -0.1) is 0 Å². The summed E-state index contributed by atoms with van der Waals surface area (Å²) in [6.45, 7) is 17.1. The van der Waals surface area contributed by atoms with Crippen molar-refractivity contribution in [1.82, 2.24) is 19.6 Å². The summed E-state index contributed by atoms with van der Waals surface area (Å²) in [5, 5.41) is 0. The number of amides is 2. The zero-order valence-electron chi connectivity index (χ0n) is 14.0. The van der Waals surface area contributed by atoms with E-state index >= 15 is 0 Å². The molecule has 2 amide bonds. The molecule has 0 unspecified atom stereocenters. The predicted molar refractivity (Wildman–Crippen MR) is 84.4 cm³/mol. The van der Waals surface area contributed by atoms with Gasteiger partial charge in [0.2, 0.25) is 0 Å². The number of hydrogen-bond acceptors (Lipinski definition) is 3. The van der Waals surface area contributed by atoms with E-state index in [1.807, 2.05) is 4.90 Å². The fraction of sp³-hybridized carbons (Fsp3) is 0.938. The van der Waals surface area contributed by atoms with Crippen LogP contribution in [0.2, 0.25) is 0 Å². The maximum Gasteiger partial charge on any atom is 0.320 e. The molecule has 5 heteroatoms. The van der Waals surface area contributed by atoms with Crippen LogP contribution in [0.15, 0.2) is 0 Å². The molecule has 0 aromatic carbocycles. The van der Waals surface area contributed by atoms with E-state index in [1.54, 1.807) is 0 Å². The Labute approximate surface area is 128 Å². The summed E-state index contributed by atoms with van der Waals surface area (Å²) in [5.41, 5.74) is 0.430. The molecular formula is C16H30N4O. The number of carbonyl (C=O) groups is 1. The van der Waals surface area contributed by atoms with Crippen LogP contribution in [0, 0.1) is 5.41 Å². The fourth-order valence-corrected chi connectivity index (χ4v) is 3.91. The second-order valence-corrected chi connectivity index (χ2v) is 7.75. The second-order valence-electron chi connectivity index (χ2n) is 7.75. The van der Waals surface area contributed by atoms with Crippen molar-refractivity contribution in [2.75, 3.05) is 52.4 Å². The molecule has 0 aromatic rings. The molecule has 0 atom stereocenters. The fourth-order valence-electron chi connectivity index (χ4n) is 3.91. The van der Waals surface area contributed by atoms with E-state index in [0.717, 1.165) is 39.3 Å². The summed E-state index contributed by atoms with van der Waals surface area (Å²) in [6, 6.07) is 1.50. The molecule has 3 aliphatic rings. The van der Waals surface area contributed by atoms with Gasteiger partial charge >= 0.3 is 6.03 Å². The monoisotopic (exact) mass is 294 g/mol. The molecule has 3 saturated heterocycles. The molecule has 0 saturated carbocycles. The molecule has 0 radical (unpaired) electrons. The summed E-state index contributed by atoms with van der Waals surface area (Å²) < 4.78 is 0. The van der Waals surface area contributed by atoms with Crippen molar-refractivity contribution in [3.8, 4) is 0 Å². The maximum absolute atomic E-state index is 12.5. The van der Waals surface area contributed by atoms with E-state index in [0.29, 0.717) is 17.5 Å². The van der Waals surface area contributed by atoms with Crippen LogP contribution in [0.3, 0.4) is 0 Å². The van der Waals surface area contributed by atoms with Crippen LogP contribution in [0.5, 0.6) is 0 Å². The Hall–Kier alpha value is -0.810. The third kappa shape index (κ3) is 2.78. The van der Waals surface area contributed by atoms with Gasteiger partial charge in [-0.2, -0.15) is 0 Å². The first-order valence-corrected chi connectivity index (χ1v) is 8.42. The minimum atomic E-state index is 0.270. The van der Waals surface area contributed by atoms with Crippen LogP contribution in [0.4, 0.5) is 4.79 Å². The zero-order valence-corrected chi connectivity index (χ0v) is 14.0. The molecule has 1 spiro atoms. The van der Waals surface area contributed by atoms with E-state index in [4.69, 9.17) is 0 Å². The largest absolute Gasteiger partial charge is 0.323 e. The van der Waals surface area contributed by atoms with E-state index in [-0.39, 0.29) is 6.03 Å². The highest BCUT2D eigenvalue weighted by Crippen LogP contribution is 2.40. The topological polar surface area (TPSA) is 30.0 Å². The molecule has 0 aromatic heterocycles. The lowest BCUT2D eigenvalue weighted by molar-refractivity contribution is -0.111. The molecular weight excluding hydrogens is 264 g/mol. The van der Waals surface area contributed by atoms with Gasteiger partial charge in [0.25, 0.3) is 0 Å². The number of carbonyl (C=O) groups excluding carboxylic acids is 1. The van der Waals surface area contributed by atoms with Gasteiger partial charge in [-0.3, -0.25) is 9.80 Å². The number of likely N-dealkylation sites (tertiary alicyclic amines) is 2. The van der Waals surface area contributed by atoms with Crippen molar-refractivity contribution in [1.29, 1.82) is 0 Å². The summed E-state index contributed by atoms with van der Waals surface area (Å²) in [4.78, 5) is 21.6. The van der Waals surface area contributed by atoms with Gasteiger partial charge in [-0.25, -0.2) is 4.79 Å². The maximum atomic E-state index is 12.5. The third-order valence-corrected chi connectivity index (χ3v) is 5.45. The van der Waals surface area contributed by atoms with Gasteiger partial charge < -0.3 is 9.80 Å². The molecule has 3 heterocycles. The highest BCUT2D eigenvalue weighted by molar-refractivity contribution is 5.76. The van der Waals surface area contributed by atoms with E-state index in [2.05, 4.69) is 42.4 Å². The van der Waals surface area contributed by atoms with Crippen LogP contribution >= 0.6 is 0 Å². The molecule has 3 aliphatic heterocycles. The first-order valence-electron chi connectivity index (χ1n) is 8.42. The Balaban J connectivity index is 1.43. The quantitative estimate of drug-likeness (QED) is 0.765. The highest BCUT2D eigenvalue weighted by Gasteiger charge is 2.54. The molecule has 21 heavy (non-hydrogen) atoms. The van der Waals surface area contributed by atoms with Crippen molar-refractivity contribution >= 4 is 6.03 Å². The van der Waals surface area contributed by atoms with Gasteiger partial charge in [0.1, 0.15) is 0 Å². The van der Waals surface area contributed by atoms with Crippen LogP contribution in [-0.4, -0.2) is 90.1 Å². The lowest BCUT2D eigenvalue weighted by Crippen LogP contribution is -2.75. The number of hydrogen-bond donors (Lipinski definition) is 0. The molecule has 0 N–H and O–H groups in total. The molecule has 5 nitrogen and oxygen atoms in total. The average Bonchev–Trinajstić information content (AvgIpc) is 2.35. The third-order valence-electron chi connectivity index (χ3n) is 5.45. The zero-order chi connectivity index (χ0) is 15.2. The first kappa shape index (κ1) is 15.1. The summed E-state index contributed by atoms with van der Waals surface area (Å²) in [6.07, 6.45) is 0. The Morgan fingerprint density at radius 1 is 0.762 bits per heavy atom. The van der Waals surface area contributed by atoms with Crippen LogP contribution in [-0.2, 0) is 0 Å². The molecule has 0 aliphatic carbocycles. The number of nitrogens with zero attached hydrogens (tertiary/aromatic N) is 4. The lowest BCUT2D eigenvalue weighted by atomic mass is 9.72. The minimum Gasteiger partial charge on any atom is -0.323 e. The van der Waals surface area contributed by atoms with Gasteiger partial charge in [-0.05, 0) is 27.7 Å². The van der Waals surface area contributed by atoms with Crippen molar-refractivity contribution in [2.45, 2.75) is 39.8 Å². The number of piperazine rings is 1. The standard InChI is InChI=1S/C16H30N4O/c1-13(2)17-5-7-18(8-6-17)15(21)20-11-16(12-20)9-19(10-16)14(3)4/h13-14H,5-12H2,1-4H3. The van der Waals surface area contributed by atoms with Crippen molar-refractivity contribution < 1.29 is 4.79 Å². The first-order chi connectivity index (χ1) is 9.90. The van der Waals surface area contributed by atoms with Gasteiger partial charge in [0.05, 0.1) is 0 Å². The van der Waals surface area contributed by atoms with E-state index in [9.17, 15) is 4.79 Å². The normalized spacial score (nSPS) is 26.4. The average molecular weight is 294 g/mol. The Kier molecular flexibility index (Phi) is 3.91. The number of urea groups is 1. The van der Waals surface area contributed by atoms with Crippen LogP contribution < -0.4 is 0 Å². The molecule has 3 fully saturated rings. The highest BCUT2D eigenvalue weighted by atomic mass is 16.2. The Morgan fingerprint density at radius 2 is 1.29 bits per heavy atom. The van der Waals surface area contributed by atoms with Crippen LogP contribution in [0.25, 0.3) is 0 Å². The van der Waals surface area contributed by atoms with Gasteiger partial charge in [0.15, 0.2) is 0 Å². The number of rotatable bonds is 2. The SMILES string of the molecule is CC(C)N1CCN(C(=O)N2CC3(C2)CN(C(C)C)C3)CC1. The summed E-state index contributed by atoms with van der Waals surface area (Å²) in [5.74, 6) is 0. The Bertz CT molecular complexity index is 387. The second kappa shape index (κ2) is 5.43. The Morgan fingerprint density at radius 3 is 1.76 bits per heavy atom. The van der Waals surface area contributed by atoms with Crippen molar-refractivity contribution in [2.24, 2.45) is 5.41 Å².